The highest BCUT2D eigenvalue weighted by Gasteiger charge is 2.17. The van der Waals surface area contributed by atoms with Crippen molar-refractivity contribution in [3.63, 3.8) is 0 Å². The van der Waals surface area contributed by atoms with Gasteiger partial charge in [0.05, 0.1) is 0 Å². The second-order valence-electron chi connectivity index (χ2n) is 7.00. The number of aryl methyl sites for hydroxylation is 1. The van der Waals surface area contributed by atoms with E-state index in [4.69, 9.17) is 5.73 Å². The van der Waals surface area contributed by atoms with Gasteiger partial charge >= 0.3 is 0 Å². The maximum atomic E-state index is 6.29. The summed E-state index contributed by atoms with van der Waals surface area (Å²) in [4.78, 5) is 0. The Hall–Kier alpha value is -0.820. The first-order valence-corrected chi connectivity index (χ1v) is 7.08. The largest absolute Gasteiger partial charge is 0.327 e. The van der Waals surface area contributed by atoms with Crippen LogP contribution in [0.5, 0.6) is 0 Å². The van der Waals surface area contributed by atoms with E-state index in [1.807, 2.05) is 0 Å². The molecule has 1 heteroatoms. The average molecular weight is 247 g/mol. The predicted molar refractivity (Wildman–Crippen MR) is 80.7 cm³/mol. The molecule has 1 aromatic carbocycles. The number of hydrogen-bond donors (Lipinski definition) is 1. The van der Waals surface area contributed by atoms with Gasteiger partial charge in [-0.15, -0.1) is 0 Å². The number of benzene rings is 1. The van der Waals surface area contributed by atoms with Gasteiger partial charge in [-0.25, -0.2) is 0 Å². The second kappa shape index (κ2) is 6.38. The molecule has 0 amide bonds. The first-order valence-electron chi connectivity index (χ1n) is 7.08. The molecule has 2 N–H and O–H groups in total. The van der Waals surface area contributed by atoms with Crippen LogP contribution < -0.4 is 5.73 Å². The Morgan fingerprint density at radius 3 is 2.33 bits per heavy atom. The minimum absolute atomic E-state index is 0.281. The second-order valence-corrected chi connectivity index (χ2v) is 7.00. The Morgan fingerprint density at radius 2 is 1.78 bits per heavy atom. The Morgan fingerprint density at radius 1 is 1.17 bits per heavy atom. The van der Waals surface area contributed by atoms with Gasteiger partial charge in [-0.05, 0) is 48.6 Å². The highest BCUT2D eigenvalue weighted by molar-refractivity contribution is 5.26. The highest BCUT2D eigenvalue weighted by atomic mass is 14.6. The molecular weight excluding hydrogens is 218 g/mol. The Labute approximate surface area is 113 Å². The summed E-state index contributed by atoms with van der Waals surface area (Å²) in [7, 11) is 0. The maximum absolute atomic E-state index is 6.29. The zero-order chi connectivity index (χ0) is 13.8. The summed E-state index contributed by atoms with van der Waals surface area (Å²) in [6, 6.07) is 8.84. The first kappa shape index (κ1) is 15.2. The van der Waals surface area contributed by atoms with Crippen LogP contribution in [0, 0.1) is 18.3 Å². The fourth-order valence-electron chi connectivity index (χ4n) is 2.85. The van der Waals surface area contributed by atoms with E-state index in [-0.39, 0.29) is 6.04 Å². The summed E-state index contributed by atoms with van der Waals surface area (Å²) < 4.78 is 0. The molecule has 2 unspecified atom stereocenters. The van der Waals surface area contributed by atoms with Gasteiger partial charge in [0.1, 0.15) is 0 Å². The van der Waals surface area contributed by atoms with Crippen molar-refractivity contribution in [2.24, 2.45) is 17.1 Å². The number of nitrogens with two attached hydrogens (primary N) is 1. The Balaban J connectivity index is 2.47. The fraction of sp³-hybridized carbons (Fsp3) is 0.647. The lowest BCUT2D eigenvalue weighted by Crippen LogP contribution is -2.27. The lowest BCUT2D eigenvalue weighted by Gasteiger charge is -2.25. The van der Waals surface area contributed by atoms with Gasteiger partial charge in [0, 0.05) is 6.04 Å². The quantitative estimate of drug-likeness (QED) is 0.823. The normalized spacial score (nSPS) is 15.4. The summed E-state index contributed by atoms with van der Waals surface area (Å²) in [5, 5.41) is 0. The molecule has 0 aromatic heterocycles. The summed E-state index contributed by atoms with van der Waals surface area (Å²) in [6.07, 6.45) is 3.36. The van der Waals surface area contributed by atoms with Crippen LogP contribution >= 0.6 is 0 Å². The topological polar surface area (TPSA) is 26.0 Å². The molecule has 0 saturated heterocycles. The Kier molecular flexibility index (Phi) is 5.40. The number of rotatable bonds is 5. The van der Waals surface area contributed by atoms with Gasteiger partial charge in [0.15, 0.2) is 0 Å². The third-order valence-corrected chi connectivity index (χ3v) is 3.41. The molecule has 0 aliphatic heterocycles. The summed E-state index contributed by atoms with van der Waals surface area (Å²) in [6.45, 7) is 11.4. The molecule has 0 aliphatic rings. The summed E-state index contributed by atoms with van der Waals surface area (Å²) in [5.74, 6) is 0.698. The molecule has 102 valence electrons. The zero-order valence-corrected chi connectivity index (χ0v) is 12.7. The lowest BCUT2D eigenvalue weighted by molar-refractivity contribution is 0.285. The molecule has 0 radical (unpaired) electrons. The molecule has 0 saturated carbocycles. The van der Waals surface area contributed by atoms with Crippen LogP contribution in [0.2, 0.25) is 0 Å². The van der Waals surface area contributed by atoms with Crippen LogP contribution in [0.4, 0.5) is 0 Å². The van der Waals surface area contributed by atoms with E-state index in [9.17, 15) is 0 Å². The average Bonchev–Trinajstić information content (AvgIpc) is 2.18. The van der Waals surface area contributed by atoms with Crippen LogP contribution in [0.25, 0.3) is 0 Å². The van der Waals surface area contributed by atoms with E-state index in [1.165, 1.54) is 17.5 Å². The van der Waals surface area contributed by atoms with Gasteiger partial charge < -0.3 is 5.73 Å². The van der Waals surface area contributed by atoms with E-state index in [1.54, 1.807) is 0 Å². The molecule has 0 spiro atoms. The van der Waals surface area contributed by atoms with Crippen LogP contribution in [-0.2, 0) is 6.42 Å². The van der Waals surface area contributed by atoms with Crippen molar-refractivity contribution in [3.8, 4) is 0 Å². The molecule has 18 heavy (non-hydrogen) atoms. The monoisotopic (exact) mass is 247 g/mol. The first-order chi connectivity index (χ1) is 8.28. The number of hydrogen-bond acceptors (Lipinski definition) is 1. The molecule has 1 nitrogen and oxygen atoms in total. The Bertz CT molecular complexity index is 362. The van der Waals surface area contributed by atoms with E-state index in [0.717, 1.165) is 12.8 Å². The highest BCUT2D eigenvalue weighted by Crippen LogP contribution is 2.27. The van der Waals surface area contributed by atoms with Crippen LogP contribution in [0.3, 0.4) is 0 Å². The van der Waals surface area contributed by atoms with Gasteiger partial charge in [-0.1, -0.05) is 52.0 Å². The van der Waals surface area contributed by atoms with Crippen LogP contribution in [0.1, 0.15) is 51.7 Å². The van der Waals surface area contributed by atoms with Crippen molar-refractivity contribution in [1.82, 2.24) is 0 Å². The van der Waals surface area contributed by atoms with Gasteiger partial charge in [-0.2, -0.15) is 0 Å². The van der Waals surface area contributed by atoms with Gasteiger partial charge in [0.25, 0.3) is 0 Å². The molecule has 0 bridgehead atoms. The van der Waals surface area contributed by atoms with Crippen molar-refractivity contribution in [3.05, 3.63) is 35.4 Å². The summed E-state index contributed by atoms with van der Waals surface area (Å²) >= 11 is 0. The molecule has 0 heterocycles. The van der Waals surface area contributed by atoms with Crippen LogP contribution in [0.15, 0.2) is 24.3 Å². The lowest BCUT2D eigenvalue weighted by atomic mass is 9.82. The standard InChI is InChI=1S/C17H29N/c1-13(12-17(3,4)5)10-16(18)11-15-9-7-6-8-14(15)2/h6-9,13,16H,10-12,18H2,1-5H3. The molecular formula is C17H29N. The van der Waals surface area contributed by atoms with Gasteiger partial charge in [0.2, 0.25) is 0 Å². The van der Waals surface area contributed by atoms with E-state index < -0.39 is 0 Å². The molecule has 1 aromatic rings. The van der Waals surface area contributed by atoms with Crippen molar-refractivity contribution in [2.75, 3.05) is 0 Å². The van der Waals surface area contributed by atoms with Crippen molar-refractivity contribution in [1.29, 1.82) is 0 Å². The summed E-state index contributed by atoms with van der Waals surface area (Å²) in [5.41, 5.74) is 9.45. The van der Waals surface area contributed by atoms with Crippen LogP contribution in [-0.4, -0.2) is 6.04 Å². The molecule has 1 rings (SSSR count). The SMILES string of the molecule is Cc1ccccc1CC(N)CC(C)CC(C)(C)C. The third kappa shape index (κ3) is 5.68. The van der Waals surface area contributed by atoms with Gasteiger partial charge in [-0.3, -0.25) is 0 Å². The zero-order valence-electron chi connectivity index (χ0n) is 12.7. The smallest absolute Gasteiger partial charge is 0.00819 e. The minimum Gasteiger partial charge on any atom is -0.327 e. The fourth-order valence-corrected chi connectivity index (χ4v) is 2.85. The minimum atomic E-state index is 0.281. The molecule has 0 aliphatic carbocycles. The van der Waals surface area contributed by atoms with E-state index in [2.05, 4.69) is 58.9 Å². The predicted octanol–water partition coefficient (Wildman–Crippen LogP) is 4.33. The maximum Gasteiger partial charge on any atom is 0.00819 e. The molecule has 0 fully saturated rings. The van der Waals surface area contributed by atoms with Crippen molar-refractivity contribution in [2.45, 2.75) is 59.9 Å². The van der Waals surface area contributed by atoms with E-state index >= 15 is 0 Å². The molecule has 2 atom stereocenters. The van der Waals surface area contributed by atoms with Crippen molar-refractivity contribution < 1.29 is 0 Å². The van der Waals surface area contributed by atoms with Crippen molar-refractivity contribution >= 4 is 0 Å². The van der Waals surface area contributed by atoms with E-state index in [0.29, 0.717) is 11.3 Å². The third-order valence-electron chi connectivity index (χ3n) is 3.41.